The number of nitrogens with zero attached hydrogens (tertiary/aromatic N) is 4. The van der Waals surface area contributed by atoms with Gasteiger partial charge in [-0.15, -0.1) is 5.10 Å². The average Bonchev–Trinajstić information content (AvgIpc) is 3.15. The van der Waals surface area contributed by atoms with Crippen LogP contribution in [0.3, 0.4) is 0 Å². The number of aromatic hydroxyl groups is 1. The predicted octanol–water partition coefficient (Wildman–Crippen LogP) is 2.11. The van der Waals surface area contributed by atoms with Crippen molar-refractivity contribution in [1.29, 1.82) is 0 Å². The fourth-order valence-corrected chi connectivity index (χ4v) is 3.24. The molecule has 0 radical (unpaired) electrons. The van der Waals surface area contributed by atoms with Gasteiger partial charge < -0.3 is 14.6 Å². The van der Waals surface area contributed by atoms with E-state index >= 15 is 0 Å². The van der Waals surface area contributed by atoms with Crippen LogP contribution in [0, 0.1) is 0 Å². The molecule has 1 aromatic heterocycles. The van der Waals surface area contributed by atoms with Gasteiger partial charge >= 0.3 is 0 Å². The molecule has 0 spiro atoms. The van der Waals surface area contributed by atoms with Crippen molar-refractivity contribution < 1.29 is 19.4 Å². The Morgan fingerprint density at radius 1 is 1.12 bits per heavy atom. The Bertz CT molecular complexity index is 942. The van der Waals surface area contributed by atoms with E-state index in [4.69, 9.17) is 9.47 Å². The summed E-state index contributed by atoms with van der Waals surface area (Å²) in [6.07, 6.45) is 0. The number of benzene rings is 2. The van der Waals surface area contributed by atoms with Crippen LogP contribution < -0.4 is 9.47 Å². The molecule has 9 heteroatoms. The van der Waals surface area contributed by atoms with Crippen molar-refractivity contribution >= 4 is 17.5 Å². The second kappa shape index (κ2) is 7.04. The number of phenols is 1. The third-order valence-corrected chi connectivity index (χ3v) is 4.65. The van der Waals surface area contributed by atoms with Crippen LogP contribution in [0.5, 0.6) is 17.2 Å². The molecule has 0 fully saturated rings. The summed E-state index contributed by atoms with van der Waals surface area (Å²) in [5, 5.41) is 21.4. The van der Waals surface area contributed by atoms with E-state index in [0.29, 0.717) is 41.1 Å². The summed E-state index contributed by atoms with van der Waals surface area (Å²) >= 11 is 1.24. The number of tetrazole rings is 1. The molecule has 0 unspecified atom stereocenters. The van der Waals surface area contributed by atoms with E-state index < -0.39 is 0 Å². The number of aromatic nitrogens is 4. The molecule has 0 amide bonds. The van der Waals surface area contributed by atoms with E-state index in [1.807, 2.05) is 0 Å². The van der Waals surface area contributed by atoms with E-state index in [2.05, 4.69) is 15.5 Å². The molecule has 0 saturated carbocycles. The van der Waals surface area contributed by atoms with E-state index in [9.17, 15) is 9.90 Å². The summed E-state index contributed by atoms with van der Waals surface area (Å²) in [6, 6.07) is 11.6. The smallest absolute Gasteiger partial charge is 0.214 e. The van der Waals surface area contributed by atoms with Crippen LogP contribution in [0.2, 0.25) is 0 Å². The summed E-state index contributed by atoms with van der Waals surface area (Å²) in [6.45, 7) is 0.983. The molecule has 0 saturated heterocycles. The lowest BCUT2D eigenvalue weighted by molar-refractivity contribution is 0.102. The lowest BCUT2D eigenvalue weighted by Gasteiger charge is -2.18. The number of phenolic OH excluding ortho intramolecular Hbond substituents is 1. The van der Waals surface area contributed by atoms with Gasteiger partial charge in [-0.2, -0.15) is 4.68 Å². The number of hydrogen-bond acceptors (Lipinski definition) is 8. The van der Waals surface area contributed by atoms with Crippen molar-refractivity contribution in [3.05, 3.63) is 48.0 Å². The first-order chi connectivity index (χ1) is 12.7. The van der Waals surface area contributed by atoms with Gasteiger partial charge in [-0.3, -0.25) is 4.79 Å². The molecule has 1 aliphatic rings. The second-order valence-corrected chi connectivity index (χ2v) is 6.40. The summed E-state index contributed by atoms with van der Waals surface area (Å²) in [5.41, 5.74) is 1.24. The molecule has 8 nitrogen and oxygen atoms in total. The SMILES string of the molecule is O=C(CSc1nnnn1-c1ccc(O)cc1)c1ccc2c(c1)OCCO2. The van der Waals surface area contributed by atoms with Crippen LogP contribution in [0.4, 0.5) is 0 Å². The number of carbonyl (C=O) groups excluding carboxylic acids is 1. The highest BCUT2D eigenvalue weighted by molar-refractivity contribution is 7.99. The first-order valence-electron chi connectivity index (χ1n) is 7.84. The molecular weight excluding hydrogens is 356 g/mol. The molecule has 26 heavy (non-hydrogen) atoms. The van der Waals surface area contributed by atoms with Gasteiger partial charge in [0.15, 0.2) is 17.3 Å². The van der Waals surface area contributed by atoms with Gasteiger partial charge in [0.05, 0.1) is 11.4 Å². The number of hydrogen-bond donors (Lipinski definition) is 1. The number of Topliss-reactive ketones (excluding diaryl/α,β-unsaturated/α-hetero) is 1. The van der Waals surface area contributed by atoms with Gasteiger partial charge in [0.25, 0.3) is 0 Å². The van der Waals surface area contributed by atoms with Crippen LogP contribution in [-0.2, 0) is 0 Å². The van der Waals surface area contributed by atoms with E-state index in [0.717, 1.165) is 0 Å². The number of ether oxygens (including phenoxy) is 2. The number of ketones is 1. The Kier molecular flexibility index (Phi) is 4.44. The van der Waals surface area contributed by atoms with Crippen molar-refractivity contribution in [2.75, 3.05) is 19.0 Å². The zero-order chi connectivity index (χ0) is 17.9. The standard InChI is InChI=1S/C17H14N4O4S/c22-13-4-2-12(3-5-13)21-17(18-19-20-21)26-10-14(23)11-1-6-15-16(9-11)25-8-7-24-15/h1-6,9,22H,7-8,10H2. The second-order valence-electron chi connectivity index (χ2n) is 5.46. The number of carbonyl (C=O) groups is 1. The molecule has 1 N–H and O–H groups in total. The van der Waals surface area contributed by atoms with E-state index in [1.54, 1.807) is 42.5 Å². The van der Waals surface area contributed by atoms with Crippen LogP contribution >= 0.6 is 11.8 Å². The Labute approximate surface area is 152 Å². The fourth-order valence-electron chi connectivity index (χ4n) is 2.46. The zero-order valence-corrected chi connectivity index (χ0v) is 14.3. The number of thioether (sulfide) groups is 1. The molecular formula is C17H14N4O4S. The van der Waals surface area contributed by atoms with Gasteiger partial charge in [-0.1, -0.05) is 11.8 Å². The molecule has 132 valence electrons. The normalized spacial score (nSPS) is 12.8. The third-order valence-electron chi connectivity index (χ3n) is 3.73. The minimum Gasteiger partial charge on any atom is -0.508 e. The van der Waals surface area contributed by atoms with Gasteiger partial charge in [-0.05, 0) is 52.9 Å². The molecule has 0 bridgehead atoms. The van der Waals surface area contributed by atoms with Gasteiger partial charge in [-0.25, -0.2) is 0 Å². The highest BCUT2D eigenvalue weighted by Gasteiger charge is 2.17. The Morgan fingerprint density at radius 2 is 1.88 bits per heavy atom. The Balaban J connectivity index is 1.47. The minimum absolute atomic E-state index is 0.0628. The van der Waals surface area contributed by atoms with Crippen LogP contribution in [0.15, 0.2) is 47.6 Å². The number of fused-ring (bicyclic) bond motifs is 1. The maximum Gasteiger partial charge on any atom is 0.214 e. The summed E-state index contributed by atoms with van der Waals surface area (Å²) in [4.78, 5) is 12.5. The molecule has 3 aromatic rings. The van der Waals surface area contributed by atoms with Crippen molar-refractivity contribution in [3.8, 4) is 22.9 Å². The van der Waals surface area contributed by atoms with Crippen molar-refractivity contribution in [2.24, 2.45) is 0 Å². The highest BCUT2D eigenvalue weighted by Crippen LogP contribution is 2.31. The number of rotatable bonds is 5. The van der Waals surface area contributed by atoms with E-state index in [-0.39, 0.29) is 17.3 Å². The fraction of sp³-hybridized carbons (Fsp3) is 0.176. The monoisotopic (exact) mass is 370 g/mol. The van der Waals surface area contributed by atoms with Crippen LogP contribution in [0.1, 0.15) is 10.4 Å². The Morgan fingerprint density at radius 3 is 2.69 bits per heavy atom. The summed E-state index contributed by atoms with van der Waals surface area (Å²) in [7, 11) is 0. The molecule has 0 aliphatic carbocycles. The zero-order valence-electron chi connectivity index (χ0n) is 13.5. The van der Waals surface area contributed by atoms with Crippen molar-refractivity contribution in [2.45, 2.75) is 5.16 Å². The molecule has 0 atom stereocenters. The lowest BCUT2D eigenvalue weighted by Crippen LogP contribution is -2.16. The van der Waals surface area contributed by atoms with E-state index in [1.165, 1.54) is 16.4 Å². The molecule has 4 rings (SSSR count). The predicted molar refractivity (Wildman–Crippen MR) is 93.3 cm³/mol. The lowest BCUT2D eigenvalue weighted by atomic mass is 10.1. The first-order valence-corrected chi connectivity index (χ1v) is 8.83. The topological polar surface area (TPSA) is 99.4 Å². The van der Waals surface area contributed by atoms with Crippen molar-refractivity contribution in [3.63, 3.8) is 0 Å². The average molecular weight is 370 g/mol. The van der Waals surface area contributed by atoms with Gasteiger partial charge in [0, 0.05) is 5.56 Å². The van der Waals surface area contributed by atoms with Crippen LogP contribution in [-0.4, -0.2) is 50.1 Å². The molecule has 2 aromatic carbocycles. The minimum atomic E-state index is -0.0628. The maximum absolute atomic E-state index is 12.5. The first kappa shape index (κ1) is 16.4. The third kappa shape index (κ3) is 3.33. The Hall–Kier alpha value is -3.07. The largest absolute Gasteiger partial charge is 0.508 e. The highest BCUT2D eigenvalue weighted by atomic mass is 32.2. The maximum atomic E-state index is 12.5. The van der Waals surface area contributed by atoms with Gasteiger partial charge in [0.2, 0.25) is 5.16 Å². The van der Waals surface area contributed by atoms with Crippen LogP contribution in [0.25, 0.3) is 5.69 Å². The molecule has 1 aliphatic heterocycles. The summed E-state index contributed by atoms with van der Waals surface area (Å²) in [5.74, 6) is 1.51. The van der Waals surface area contributed by atoms with Gasteiger partial charge in [0.1, 0.15) is 19.0 Å². The quantitative estimate of drug-likeness (QED) is 0.538. The van der Waals surface area contributed by atoms with Crippen molar-refractivity contribution in [1.82, 2.24) is 20.2 Å². The summed E-state index contributed by atoms with van der Waals surface area (Å²) < 4.78 is 12.5. The molecule has 2 heterocycles.